The fourth-order valence-electron chi connectivity index (χ4n) is 2.25. The molecular weight excluding hydrogens is 255 g/mol. The van der Waals surface area contributed by atoms with E-state index in [0.29, 0.717) is 10.0 Å². The molecule has 1 heterocycles. The molecule has 1 saturated heterocycles. The fourth-order valence-corrected chi connectivity index (χ4v) is 2.67. The summed E-state index contributed by atoms with van der Waals surface area (Å²) in [4.78, 5) is 2.31. The summed E-state index contributed by atoms with van der Waals surface area (Å²) in [5.41, 5.74) is 1.14. The summed E-state index contributed by atoms with van der Waals surface area (Å²) in [7, 11) is 0. The molecule has 0 aliphatic carbocycles. The van der Waals surface area contributed by atoms with Crippen molar-refractivity contribution in [2.45, 2.75) is 25.8 Å². The van der Waals surface area contributed by atoms with E-state index in [1.807, 2.05) is 18.2 Å². The molecule has 2 nitrogen and oxygen atoms in total. The smallest absolute Gasteiger partial charge is 0.0825 e. The third kappa shape index (κ3) is 3.06. The highest BCUT2D eigenvalue weighted by molar-refractivity contribution is 6.43. The number of nitrogens with zero attached hydrogens (tertiary/aromatic N) is 1. The normalized spacial score (nSPS) is 20.1. The molecule has 1 aliphatic heterocycles. The van der Waals surface area contributed by atoms with E-state index in [4.69, 9.17) is 23.2 Å². The zero-order chi connectivity index (χ0) is 12.5. The zero-order valence-electron chi connectivity index (χ0n) is 10.3. The van der Waals surface area contributed by atoms with Crippen molar-refractivity contribution >= 4 is 28.9 Å². The van der Waals surface area contributed by atoms with E-state index < -0.39 is 0 Å². The number of halogens is 2. The van der Waals surface area contributed by atoms with Crippen molar-refractivity contribution in [3.63, 3.8) is 0 Å². The van der Waals surface area contributed by atoms with E-state index in [9.17, 15) is 0 Å². The molecule has 0 amide bonds. The van der Waals surface area contributed by atoms with Crippen LogP contribution < -0.4 is 10.2 Å². The van der Waals surface area contributed by atoms with E-state index in [1.165, 1.54) is 0 Å². The van der Waals surface area contributed by atoms with Gasteiger partial charge in [0.15, 0.2) is 0 Å². The van der Waals surface area contributed by atoms with Crippen LogP contribution in [0.15, 0.2) is 18.2 Å². The third-order valence-electron chi connectivity index (χ3n) is 3.07. The maximum Gasteiger partial charge on any atom is 0.0825 e. The van der Waals surface area contributed by atoms with Crippen LogP contribution in [0.25, 0.3) is 0 Å². The van der Waals surface area contributed by atoms with Gasteiger partial charge in [0, 0.05) is 18.6 Å². The highest BCUT2D eigenvalue weighted by Gasteiger charge is 2.25. The van der Waals surface area contributed by atoms with Crippen molar-refractivity contribution in [2.75, 3.05) is 24.5 Å². The Morgan fingerprint density at radius 2 is 2.06 bits per heavy atom. The summed E-state index contributed by atoms with van der Waals surface area (Å²) < 4.78 is 0. The van der Waals surface area contributed by atoms with Crippen LogP contribution in [-0.4, -0.2) is 25.2 Å². The van der Waals surface area contributed by atoms with Crippen molar-refractivity contribution in [1.82, 2.24) is 5.32 Å². The minimum atomic E-state index is 0.0994. The van der Waals surface area contributed by atoms with Crippen LogP contribution in [0.2, 0.25) is 10.0 Å². The predicted octanol–water partition coefficient (Wildman–Crippen LogP) is 3.57. The Balaban J connectivity index is 2.29. The van der Waals surface area contributed by atoms with Crippen LogP contribution in [0, 0.1) is 0 Å². The predicted molar refractivity (Wildman–Crippen MR) is 75.4 cm³/mol. The van der Waals surface area contributed by atoms with Crippen molar-refractivity contribution < 1.29 is 0 Å². The van der Waals surface area contributed by atoms with Crippen LogP contribution >= 0.6 is 23.2 Å². The molecule has 94 valence electrons. The molecule has 2 rings (SSSR count). The number of anilines is 1. The Kier molecular flexibility index (Phi) is 3.86. The van der Waals surface area contributed by atoms with Crippen LogP contribution in [0.3, 0.4) is 0 Å². The van der Waals surface area contributed by atoms with Gasteiger partial charge in [0.2, 0.25) is 0 Å². The maximum atomic E-state index is 6.28. The summed E-state index contributed by atoms with van der Waals surface area (Å²) in [5, 5.41) is 4.82. The van der Waals surface area contributed by atoms with Crippen molar-refractivity contribution in [3.05, 3.63) is 28.2 Å². The lowest BCUT2D eigenvalue weighted by Gasteiger charge is -2.32. The second kappa shape index (κ2) is 5.05. The molecule has 1 aromatic carbocycles. The molecular formula is C13H18Cl2N2. The van der Waals surface area contributed by atoms with Gasteiger partial charge in [0.25, 0.3) is 0 Å². The summed E-state index contributed by atoms with van der Waals surface area (Å²) >= 11 is 12.3. The highest BCUT2D eigenvalue weighted by Crippen LogP contribution is 2.33. The van der Waals surface area contributed by atoms with Gasteiger partial charge in [-0.1, -0.05) is 29.3 Å². The molecule has 0 unspecified atom stereocenters. The standard InChI is InChI=1S/C13H18Cl2N2/c1-13(2)9-17(8-4-7-16-13)11-6-3-5-10(14)12(11)15/h3,5-6,16H,4,7-9H2,1-2H3. The molecule has 1 fully saturated rings. The van der Waals surface area contributed by atoms with Gasteiger partial charge in [-0.05, 0) is 38.9 Å². The van der Waals surface area contributed by atoms with Gasteiger partial charge < -0.3 is 10.2 Å². The summed E-state index contributed by atoms with van der Waals surface area (Å²) in [5.74, 6) is 0. The molecule has 0 spiro atoms. The van der Waals surface area contributed by atoms with Gasteiger partial charge in [0.05, 0.1) is 15.7 Å². The Morgan fingerprint density at radius 3 is 2.82 bits per heavy atom. The van der Waals surface area contributed by atoms with Crippen molar-refractivity contribution in [3.8, 4) is 0 Å². The van der Waals surface area contributed by atoms with E-state index in [-0.39, 0.29) is 5.54 Å². The number of rotatable bonds is 1. The van der Waals surface area contributed by atoms with E-state index in [2.05, 4.69) is 24.1 Å². The van der Waals surface area contributed by atoms with Gasteiger partial charge >= 0.3 is 0 Å². The first kappa shape index (κ1) is 13.0. The first-order chi connectivity index (χ1) is 7.99. The monoisotopic (exact) mass is 272 g/mol. The molecule has 17 heavy (non-hydrogen) atoms. The quantitative estimate of drug-likeness (QED) is 0.841. The van der Waals surface area contributed by atoms with Gasteiger partial charge in [0.1, 0.15) is 0 Å². The van der Waals surface area contributed by atoms with Gasteiger partial charge in [-0.3, -0.25) is 0 Å². The molecule has 1 N–H and O–H groups in total. The van der Waals surface area contributed by atoms with E-state index >= 15 is 0 Å². The van der Waals surface area contributed by atoms with Gasteiger partial charge in [-0.15, -0.1) is 0 Å². The first-order valence-corrected chi connectivity index (χ1v) is 6.69. The highest BCUT2D eigenvalue weighted by atomic mass is 35.5. The molecule has 0 saturated carbocycles. The number of hydrogen-bond donors (Lipinski definition) is 1. The Morgan fingerprint density at radius 1 is 1.29 bits per heavy atom. The first-order valence-electron chi connectivity index (χ1n) is 5.94. The van der Waals surface area contributed by atoms with Crippen LogP contribution in [0.1, 0.15) is 20.3 Å². The zero-order valence-corrected chi connectivity index (χ0v) is 11.8. The Labute approximate surface area is 113 Å². The minimum Gasteiger partial charge on any atom is -0.368 e. The molecule has 0 radical (unpaired) electrons. The Bertz CT molecular complexity index is 404. The lowest BCUT2D eigenvalue weighted by atomic mass is 10.1. The summed E-state index contributed by atoms with van der Waals surface area (Å²) in [6, 6.07) is 5.82. The molecule has 1 aliphatic rings. The Hall–Kier alpha value is -0.440. The van der Waals surface area contributed by atoms with Crippen LogP contribution in [0.5, 0.6) is 0 Å². The van der Waals surface area contributed by atoms with Gasteiger partial charge in [-0.25, -0.2) is 0 Å². The lowest BCUT2D eigenvalue weighted by molar-refractivity contribution is 0.416. The van der Waals surface area contributed by atoms with Crippen molar-refractivity contribution in [2.24, 2.45) is 0 Å². The summed E-state index contributed by atoms with van der Waals surface area (Å²) in [6.07, 6.45) is 1.12. The largest absolute Gasteiger partial charge is 0.368 e. The SMILES string of the molecule is CC1(C)CN(c2cccc(Cl)c2Cl)CCCN1. The number of hydrogen-bond acceptors (Lipinski definition) is 2. The van der Waals surface area contributed by atoms with Crippen LogP contribution in [0.4, 0.5) is 5.69 Å². The molecule has 0 atom stereocenters. The van der Waals surface area contributed by atoms with Crippen LogP contribution in [-0.2, 0) is 0 Å². The molecule has 1 aromatic rings. The van der Waals surface area contributed by atoms with E-state index in [0.717, 1.165) is 31.7 Å². The fraction of sp³-hybridized carbons (Fsp3) is 0.538. The number of benzene rings is 1. The topological polar surface area (TPSA) is 15.3 Å². The molecule has 0 aromatic heterocycles. The summed E-state index contributed by atoms with van der Waals surface area (Å²) in [6.45, 7) is 7.42. The average molecular weight is 273 g/mol. The lowest BCUT2D eigenvalue weighted by Crippen LogP contribution is -2.46. The second-order valence-corrected chi connectivity index (χ2v) is 5.94. The maximum absolute atomic E-state index is 6.28. The van der Waals surface area contributed by atoms with Crippen molar-refractivity contribution in [1.29, 1.82) is 0 Å². The third-order valence-corrected chi connectivity index (χ3v) is 3.88. The number of nitrogens with one attached hydrogen (secondary N) is 1. The molecule has 0 bridgehead atoms. The average Bonchev–Trinajstić information content (AvgIpc) is 2.43. The van der Waals surface area contributed by atoms with E-state index in [1.54, 1.807) is 0 Å². The molecule has 4 heteroatoms. The second-order valence-electron chi connectivity index (χ2n) is 5.16. The minimum absolute atomic E-state index is 0.0994. The van der Waals surface area contributed by atoms with Gasteiger partial charge in [-0.2, -0.15) is 0 Å².